The van der Waals surface area contributed by atoms with Crippen molar-refractivity contribution in [3.8, 4) is 0 Å². The topological polar surface area (TPSA) is 133 Å². The van der Waals surface area contributed by atoms with Gasteiger partial charge < -0.3 is 10.1 Å². The Hall–Kier alpha value is -4.66. The number of carbonyl (C=O) groups excluding carboxylic acids is 4. The minimum absolute atomic E-state index is 0.0166. The Morgan fingerprint density at radius 3 is 2.18 bits per heavy atom. The lowest BCUT2D eigenvalue weighted by atomic mass is 9.82. The second kappa shape index (κ2) is 9.07. The zero-order valence-electron chi connectivity index (χ0n) is 17.9. The van der Waals surface area contributed by atoms with E-state index in [0.29, 0.717) is 0 Å². The van der Waals surface area contributed by atoms with Gasteiger partial charge in [0.25, 0.3) is 11.6 Å². The highest BCUT2D eigenvalue weighted by Gasteiger charge is 2.39. The third-order valence-electron chi connectivity index (χ3n) is 5.48. The van der Waals surface area contributed by atoms with Crippen molar-refractivity contribution in [3.63, 3.8) is 0 Å². The molecule has 4 rings (SSSR count). The first-order valence-corrected chi connectivity index (χ1v) is 10.3. The number of rotatable bonds is 6. The van der Waals surface area contributed by atoms with Crippen molar-refractivity contribution in [1.29, 1.82) is 0 Å². The van der Waals surface area contributed by atoms with E-state index >= 15 is 0 Å². The summed E-state index contributed by atoms with van der Waals surface area (Å²) in [7, 11) is 0. The Labute approximate surface area is 193 Å². The second-order valence-corrected chi connectivity index (χ2v) is 7.62. The Bertz CT molecular complexity index is 1350. The van der Waals surface area contributed by atoms with Gasteiger partial charge in [-0.25, -0.2) is 4.79 Å². The van der Waals surface area contributed by atoms with Gasteiger partial charge in [0, 0.05) is 16.7 Å². The summed E-state index contributed by atoms with van der Waals surface area (Å²) in [5.74, 6) is -3.05. The number of hydrogen-bond donors (Lipinski definition) is 1. The molecule has 1 atom stereocenters. The van der Waals surface area contributed by atoms with Gasteiger partial charge in [-0.3, -0.25) is 24.5 Å². The minimum atomic E-state index is -1.16. The number of nitrogens with zero attached hydrogens (tertiary/aromatic N) is 1. The van der Waals surface area contributed by atoms with E-state index in [9.17, 15) is 29.3 Å². The first kappa shape index (κ1) is 22.5. The maximum Gasteiger partial charge on any atom is 0.345 e. The van der Waals surface area contributed by atoms with Gasteiger partial charge in [-0.15, -0.1) is 0 Å². The van der Waals surface area contributed by atoms with Crippen LogP contribution in [0.1, 0.15) is 60.7 Å². The highest BCUT2D eigenvalue weighted by molar-refractivity contribution is 6.30. The highest BCUT2D eigenvalue weighted by atomic mass is 16.6. The summed E-state index contributed by atoms with van der Waals surface area (Å²) in [5, 5.41) is 14.5. The summed E-state index contributed by atoms with van der Waals surface area (Å²) in [6.45, 7) is 1.07. The molecule has 0 radical (unpaired) electrons. The fraction of sp³-hybridized carbons (Fsp3) is 0.120. The summed E-state index contributed by atoms with van der Waals surface area (Å²) in [4.78, 5) is 61.6. The molecule has 9 heteroatoms. The lowest BCUT2D eigenvalue weighted by Crippen LogP contribution is -2.31. The molecule has 170 valence electrons. The lowest BCUT2D eigenvalue weighted by molar-refractivity contribution is -0.385. The number of ether oxygens (including phenoxy) is 1. The van der Waals surface area contributed by atoms with Crippen molar-refractivity contribution >= 4 is 29.1 Å². The maximum absolute atomic E-state index is 13.0. The maximum atomic E-state index is 13.0. The molecule has 0 aromatic heterocycles. The molecule has 1 aliphatic rings. The number of hydrogen-bond acceptors (Lipinski definition) is 7. The van der Waals surface area contributed by atoms with Crippen LogP contribution in [0.15, 0.2) is 66.7 Å². The van der Waals surface area contributed by atoms with Crippen LogP contribution in [-0.4, -0.2) is 35.0 Å². The SMILES string of the molecule is CC(NC(=O)COC(=O)c1ccc2c(c1[N+](=O)[O-])C(=O)c1ccccc1C2=O)c1ccccc1. The van der Waals surface area contributed by atoms with Crippen LogP contribution in [0.25, 0.3) is 0 Å². The molecule has 1 unspecified atom stereocenters. The summed E-state index contributed by atoms with van der Waals surface area (Å²) < 4.78 is 4.99. The molecule has 1 amide bonds. The molecule has 1 aliphatic carbocycles. The standard InChI is InChI=1S/C25H18N2O7/c1-14(15-7-3-2-4-8-15)26-20(28)13-34-25(31)19-12-11-18-21(22(19)27(32)33)24(30)17-10-6-5-9-16(17)23(18)29/h2-12,14H,13H2,1H3,(H,26,28). The summed E-state index contributed by atoms with van der Waals surface area (Å²) in [6, 6.07) is 17.0. The van der Waals surface area contributed by atoms with Crippen molar-refractivity contribution in [2.75, 3.05) is 6.61 Å². The van der Waals surface area contributed by atoms with Gasteiger partial charge in [0.15, 0.2) is 12.4 Å². The summed E-state index contributed by atoms with van der Waals surface area (Å²) in [5.41, 5.74) is -0.985. The Morgan fingerprint density at radius 1 is 0.912 bits per heavy atom. The van der Waals surface area contributed by atoms with Gasteiger partial charge in [0.2, 0.25) is 5.78 Å². The molecule has 3 aromatic rings. The van der Waals surface area contributed by atoms with Crippen LogP contribution in [0.2, 0.25) is 0 Å². The van der Waals surface area contributed by atoms with Crippen LogP contribution in [0, 0.1) is 10.1 Å². The number of nitro groups is 1. The molecular formula is C25H18N2O7. The van der Waals surface area contributed by atoms with Crippen molar-refractivity contribution in [2.45, 2.75) is 13.0 Å². The normalized spacial score (nSPS) is 12.9. The average molecular weight is 458 g/mol. The number of amides is 1. The summed E-state index contributed by atoms with van der Waals surface area (Å²) >= 11 is 0. The molecule has 9 nitrogen and oxygen atoms in total. The molecule has 0 fully saturated rings. The third kappa shape index (κ3) is 4.06. The highest BCUT2D eigenvalue weighted by Crippen LogP contribution is 2.35. The average Bonchev–Trinajstić information content (AvgIpc) is 2.85. The molecule has 0 saturated carbocycles. The smallest absolute Gasteiger partial charge is 0.345 e. The molecular weight excluding hydrogens is 440 g/mol. The predicted molar refractivity (Wildman–Crippen MR) is 120 cm³/mol. The number of benzene rings is 3. The van der Waals surface area contributed by atoms with Crippen molar-refractivity contribution in [1.82, 2.24) is 5.32 Å². The predicted octanol–water partition coefficient (Wildman–Crippen LogP) is 3.40. The monoisotopic (exact) mass is 458 g/mol. The second-order valence-electron chi connectivity index (χ2n) is 7.62. The van der Waals surface area contributed by atoms with E-state index in [4.69, 9.17) is 4.74 Å². The molecule has 34 heavy (non-hydrogen) atoms. The minimum Gasteiger partial charge on any atom is -0.452 e. The van der Waals surface area contributed by atoms with Crippen LogP contribution in [-0.2, 0) is 9.53 Å². The zero-order valence-corrected chi connectivity index (χ0v) is 17.9. The number of nitrogens with one attached hydrogen (secondary N) is 1. The van der Waals surface area contributed by atoms with E-state index < -0.39 is 51.8 Å². The molecule has 3 aromatic carbocycles. The molecule has 0 saturated heterocycles. The van der Waals surface area contributed by atoms with E-state index in [0.717, 1.165) is 11.6 Å². The first-order valence-electron chi connectivity index (χ1n) is 10.3. The quantitative estimate of drug-likeness (QED) is 0.266. The Morgan fingerprint density at radius 2 is 1.53 bits per heavy atom. The molecule has 0 bridgehead atoms. The Kier molecular flexibility index (Phi) is 6.01. The van der Waals surface area contributed by atoms with Gasteiger partial charge in [-0.2, -0.15) is 0 Å². The number of carbonyl (C=O) groups is 4. The van der Waals surface area contributed by atoms with Crippen molar-refractivity contribution in [3.05, 3.63) is 110 Å². The number of fused-ring (bicyclic) bond motifs is 2. The largest absolute Gasteiger partial charge is 0.452 e. The van der Waals surface area contributed by atoms with E-state index in [1.807, 2.05) is 30.3 Å². The Balaban J connectivity index is 1.57. The van der Waals surface area contributed by atoms with E-state index in [1.54, 1.807) is 13.0 Å². The van der Waals surface area contributed by atoms with E-state index in [2.05, 4.69) is 5.32 Å². The fourth-order valence-corrected chi connectivity index (χ4v) is 3.84. The van der Waals surface area contributed by atoms with E-state index in [1.165, 1.54) is 24.3 Å². The number of ketones is 2. The molecule has 1 N–H and O–H groups in total. The molecule has 0 aliphatic heterocycles. The van der Waals surface area contributed by atoms with Crippen molar-refractivity contribution < 1.29 is 28.8 Å². The number of nitro benzene ring substituents is 1. The van der Waals surface area contributed by atoms with Gasteiger partial charge >= 0.3 is 5.97 Å². The van der Waals surface area contributed by atoms with Crippen LogP contribution < -0.4 is 5.32 Å². The van der Waals surface area contributed by atoms with Gasteiger partial charge in [-0.1, -0.05) is 54.6 Å². The van der Waals surface area contributed by atoms with E-state index in [-0.39, 0.29) is 22.7 Å². The third-order valence-corrected chi connectivity index (χ3v) is 5.48. The zero-order chi connectivity index (χ0) is 24.4. The van der Waals surface area contributed by atoms with Crippen LogP contribution in [0.4, 0.5) is 5.69 Å². The van der Waals surface area contributed by atoms with Gasteiger partial charge in [0.05, 0.1) is 11.0 Å². The van der Waals surface area contributed by atoms with Crippen LogP contribution in [0.5, 0.6) is 0 Å². The lowest BCUT2D eigenvalue weighted by Gasteiger charge is -2.18. The fourth-order valence-electron chi connectivity index (χ4n) is 3.84. The van der Waals surface area contributed by atoms with Gasteiger partial charge in [-0.05, 0) is 24.6 Å². The molecule has 0 heterocycles. The van der Waals surface area contributed by atoms with Crippen molar-refractivity contribution in [2.24, 2.45) is 0 Å². The first-order chi connectivity index (χ1) is 16.3. The van der Waals surface area contributed by atoms with Crippen LogP contribution >= 0.6 is 0 Å². The summed E-state index contributed by atoms with van der Waals surface area (Å²) in [6.07, 6.45) is 0. The van der Waals surface area contributed by atoms with Gasteiger partial charge in [0.1, 0.15) is 11.1 Å². The number of esters is 1. The molecule has 0 spiro atoms. The van der Waals surface area contributed by atoms with Crippen LogP contribution in [0.3, 0.4) is 0 Å².